The Balaban J connectivity index is 3.14. The zero-order valence-electron chi connectivity index (χ0n) is 8.43. The molecule has 1 aliphatic carbocycles. The molecule has 0 unspecified atom stereocenters. The molecular weight excluding hydrogens is 168 g/mol. The van der Waals surface area contributed by atoms with E-state index in [1.165, 1.54) is 0 Å². The number of hydrogen-bond acceptors (Lipinski definition) is 3. The van der Waals surface area contributed by atoms with Gasteiger partial charge in [0.05, 0.1) is 0 Å². The average Bonchev–Trinajstić information content (AvgIpc) is 1.96. The molecule has 0 heterocycles. The van der Waals surface area contributed by atoms with E-state index in [-0.39, 0.29) is 0 Å². The summed E-state index contributed by atoms with van der Waals surface area (Å²) in [5.41, 5.74) is -1.37. The lowest BCUT2D eigenvalue weighted by Crippen LogP contribution is -2.50. The molecule has 72 valence electrons. The van der Waals surface area contributed by atoms with E-state index >= 15 is 0 Å². The van der Waals surface area contributed by atoms with Gasteiger partial charge in [0.2, 0.25) is 11.6 Å². The van der Waals surface area contributed by atoms with E-state index in [4.69, 9.17) is 0 Å². The summed E-state index contributed by atoms with van der Waals surface area (Å²) < 4.78 is 0. The first-order chi connectivity index (χ1) is 5.68. The fraction of sp³-hybridized carbons (Fsp3) is 0.700. The SMILES string of the molecule is CC1(C)CC(C)(C)C(=O)C(=O)C1=O. The minimum absolute atomic E-state index is 0.448. The van der Waals surface area contributed by atoms with Crippen molar-refractivity contribution >= 4 is 17.3 Å². The maximum Gasteiger partial charge on any atom is 0.265 e. The predicted molar refractivity (Wildman–Crippen MR) is 47.2 cm³/mol. The molecule has 3 heteroatoms. The van der Waals surface area contributed by atoms with Crippen molar-refractivity contribution in [2.24, 2.45) is 10.8 Å². The molecule has 1 aliphatic rings. The van der Waals surface area contributed by atoms with Crippen molar-refractivity contribution in [1.29, 1.82) is 0 Å². The Morgan fingerprint density at radius 2 is 1.15 bits per heavy atom. The second-order valence-electron chi connectivity index (χ2n) is 4.93. The molecule has 3 nitrogen and oxygen atoms in total. The maximum absolute atomic E-state index is 11.4. The van der Waals surface area contributed by atoms with Crippen molar-refractivity contribution in [3.8, 4) is 0 Å². The molecule has 0 bridgehead atoms. The first-order valence-corrected chi connectivity index (χ1v) is 4.32. The van der Waals surface area contributed by atoms with Gasteiger partial charge in [-0.15, -0.1) is 0 Å². The number of carbonyl (C=O) groups is 3. The summed E-state index contributed by atoms with van der Waals surface area (Å²) in [5.74, 6) is -1.92. The zero-order valence-corrected chi connectivity index (χ0v) is 8.43. The average molecular weight is 182 g/mol. The third kappa shape index (κ3) is 1.43. The molecule has 0 spiro atoms. The molecule has 0 atom stereocenters. The van der Waals surface area contributed by atoms with Crippen molar-refractivity contribution in [3.05, 3.63) is 0 Å². The van der Waals surface area contributed by atoms with Crippen LogP contribution < -0.4 is 0 Å². The van der Waals surface area contributed by atoms with Crippen LogP contribution in [0.5, 0.6) is 0 Å². The third-order valence-electron chi connectivity index (χ3n) is 2.53. The van der Waals surface area contributed by atoms with Gasteiger partial charge in [-0.1, -0.05) is 27.7 Å². The van der Waals surface area contributed by atoms with Gasteiger partial charge in [-0.05, 0) is 6.42 Å². The van der Waals surface area contributed by atoms with Gasteiger partial charge in [-0.2, -0.15) is 0 Å². The molecule has 13 heavy (non-hydrogen) atoms. The van der Waals surface area contributed by atoms with Gasteiger partial charge in [0, 0.05) is 10.8 Å². The van der Waals surface area contributed by atoms with Gasteiger partial charge in [-0.3, -0.25) is 14.4 Å². The summed E-state index contributed by atoms with van der Waals surface area (Å²) in [4.78, 5) is 34.0. The number of hydrogen-bond donors (Lipinski definition) is 0. The number of carbonyl (C=O) groups excluding carboxylic acids is 3. The monoisotopic (exact) mass is 182 g/mol. The quantitative estimate of drug-likeness (QED) is 0.528. The Hall–Kier alpha value is -0.990. The number of rotatable bonds is 0. The lowest BCUT2D eigenvalue weighted by Gasteiger charge is -2.36. The van der Waals surface area contributed by atoms with Crippen LogP contribution >= 0.6 is 0 Å². The van der Waals surface area contributed by atoms with Crippen LogP contribution in [-0.2, 0) is 14.4 Å². The van der Waals surface area contributed by atoms with Crippen molar-refractivity contribution in [3.63, 3.8) is 0 Å². The van der Waals surface area contributed by atoms with Crippen molar-refractivity contribution in [2.75, 3.05) is 0 Å². The van der Waals surface area contributed by atoms with Gasteiger partial charge in [-0.25, -0.2) is 0 Å². The highest BCUT2D eigenvalue weighted by atomic mass is 16.2. The molecule has 1 fully saturated rings. The Kier molecular flexibility index (Phi) is 1.94. The fourth-order valence-corrected chi connectivity index (χ4v) is 1.98. The van der Waals surface area contributed by atoms with Gasteiger partial charge in [0.15, 0.2) is 0 Å². The summed E-state index contributed by atoms with van der Waals surface area (Å²) in [5, 5.41) is 0. The van der Waals surface area contributed by atoms with E-state index < -0.39 is 28.2 Å². The molecule has 0 aromatic rings. The molecule has 0 saturated heterocycles. The molecule has 0 aromatic carbocycles. The summed E-state index contributed by atoms with van der Waals surface area (Å²) in [6.07, 6.45) is 0.448. The van der Waals surface area contributed by atoms with Crippen molar-refractivity contribution in [1.82, 2.24) is 0 Å². The van der Waals surface area contributed by atoms with Crippen LogP contribution in [0.15, 0.2) is 0 Å². The van der Waals surface area contributed by atoms with Gasteiger partial charge in [0.1, 0.15) is 0 Å². The Morgan fingerprint density at radius 3 is 1.46 bits per heavy atom. The number of Topliss-reactive ketones (excluding diaryl/α,β-unsaturated/α-hetero) is 3. The smallest absolute Gasteiger partial charge is 0.265 e. The van der Waals surface area contributed by atoms with Crippen LogP contribution in [0.4, 0.5) is 0 Å². The summed E-state index contributed by atoms with van der Waals surface area (Å²) in [6.45, 7) is 6.84. The van der Waals surface area contributed by atoms with Crippen LogP contribution in [0.25, 0.3) is 0 Å². The molecule has 0 aliphatic heterocycles. The lowest BCUT2D eigenvalue weighted by atomic mass is 9.63. The first kappa shape index (κ1) is 10.1. The summed E-state index contributed by atoms with van der Waals surface area (Å²) >= 11 is 0. The summed E-state index contributed by atoms with van der Waals surface area (Å²) in [6, 6.07) is 0. The standard InChI is InChI=1S/C10H14O3/c1-9(2)5-10(3,4)8(13)6(11)7(9)12/h5H2,1-4H3. The second-order valence-corrected chi connectivity index (χ2v) is 4.93. The Morgan fingerprint density at radius 1 is 0.846 bits per heavy atom. The molecule has 0 aromatic heterocycles. The Labute approximate surface area is 77.5 Å². The molecular formula is C10H14O3. The van der Waals surface area contributed by atoms with Crippen molar-refractivity contribution in [2.45, 2.75) is 34.1 Å². The Bertz CT molecular complexity index is 269. The molecule has 1 saturated carbocycles. The molecule has 0 amide bonds. The first-order valence-electron chi connectivity index (χ1n) is 4.32. The van der Waals surface area contributed by atoms with Gasteiger partial charge < -0.3 is 0 Å². The zero-order chi connectivity index (χ0) is 10.4. The van der Waals surface area contributed by atoms with E-state index in [0.29, 0.717) is 6.42 Å². The van der Waals surface area contributed by atoms with Gasteiger partial charge in [0.25, 0.3) is 5.78 Å². The van der Waals surface area contributed by atoms with Crippen molar-refractivity contribution < 1.29 is 14.4 Å². The van der Waals surface area contributed by atoms with E-state index in [1.54, 1.807) is 27.7 Å². The lowest BCUT2D eigenvalue weighted by molar-refractivity contribution is -0.156. The minimum Gasteiger partial charge on any atom is -0.290 e. The largest absolute Gasteiger partial charge is 0.290 e. The summed E-state index contributed by atoms with van der Waals surface area (Å²) in [7, 11) is 0. The van der Waals surface area contributed by atoms with E-state index in [0.717, 1.165) is 0 Å². The number of ketones is 3. The third-order valence-corrected chi connectivity index (χ3v) is 2.53. The van der Waals surface area contributed by atoms with Crippen LogP contribution in [0.3, 0.4) is 0 Å². The van der Waals surface area contributed by atoms with E-state index in [2.05, 4.69) is 0 Å². The van der Waals surface area contributed by atoms with E-state index in [9.17, 15) is 14.4 Å². The van der Waals surface area contributed by atoms with Crippen LogP contribution in [0, 0.1) is 10.8 Å². The molecule has 0 N–H and O–H groups in total. The predicted octanol–water partition coefficient (Wildman–Crippen LogP) is 1.15. The van der Waals surface area contributed by atoms with Crippen LogP contribution in [-0.4, -0.2) is 17.3 Å². The second kappa shape index (κ2) is 2.50. The highest BCUT2D eigenvalue weighted by molar-refractivity contribution is 6.66. The molecule has 0 radical (unpaired) electrons. The topological polar surface area (TPSA) is 51.2 Å². The molecule has 1 rings (SSSR count). The van der Waals surface area contributed by atoms with Crippen LogP contribution in [0.1, 0.15) is 34.1 Å². The highest BCUT2D eigenvalue weighted by Crippen LogP contribution is 2.39. The van der Waals surface area contributed by atoms with Gasteiger partial charge >= 0.3 is 0 Å². The fourth-order valence-electron chi connectivity index (χ4n) is 1.98. The van der Waals surface area contributed by atoms with E-state index in [1.807, 2.05) is 0 Å². The highest BCUT2D eigenvalue weighted by Gasteiger charge is 2.50. The van der Waals surface area contributed by atoms with Crippen LogP contribution in [0.2, 0.25) is 0 Å². The minimum atomic E-state index is -0.832. The normalized spacial score (nSPS) is 26.3. The maximum atomic E-state index is 11.4.